The van der Waals surface area contributed by atoms with Crippen molar-refractivity contribution in [1.29, 1.82) is 0 Å². The van der Waals surface area contributed by atoms with Gasteiger partial charge in [-0.05, 0) is 36.5 Å². The molecular weight excluding hydrogens is 347 g/mol. The van der Waals surface area contributed by atoms with Gasteiger partial charge in [0, 0.05) is 13.1 Å². The molecule has 0 radical (unpaired) electrons. The number of rotatable bonds is 6. The molecule has 0 aliphatic carbocycles. The van der Waals surface area contributed by atoms with Crippen molar-refractivity contribution in [3.05, 3.63) is 35.4 Å². The third-order valence-corrected chi connectivity index (χ3v) is 4.16. The molecule has 0 saturated carbocycles. The second-order valence-electron chi connectivity index (χ2n) is 6.88. The van der Waals surface area contributed by atoms with Gasteiger partial charge in [0.25, 0.3) is 0 Å². The SMILES string of the molecule is CC(C)CC(NC(=O)CN1CCCNC1=O)c1cccc(C(F)(F)F)c1. The second kappa shape index (κ2) is 8.42. The Kier molecular flexibility index (Phi) is 6.50. The number of nitrogens with zero attached hydrogens (tertiary/aromatic N) is 1. The van der Waals surface area contributed by atoms with E-state index in [1.807, 2.05) is 13.8 Å². The molecule has 0 bridgehead atoms. The first-order valence-corrected chi connectivity index (χ1v) is 8.66. The zero-order valence-electron chi connectivity index (χ0n) is 14.9. The zero-order chi connectivity index (χ0) is 19.3. The molecule has 1 atom stereocenters. The van der Waals surface area contributed by atoms with Crippen molar-refractivity contribution in [2.24, 2.45) is 5.92 Å². The van der Waals surface area contributed by atoms with Crippen LogP contribution in [0, 0.1) is 5.92 Å². The zero-order valence-corrected chi connectivity index (χ0v) is 14.9. The maximum absolute atomic E-state index is 13.0. The highest BCUT2D eigenvalue weighted by Crippen LogP contribution is 2.32. The summed E-state index contributed by atoms with van der Waals surface area (Å²) in [6, 6.07) is 4.16. The van der Waals surface area contributed by atoms with Crippen molar-refractivity contribution in [2.75, 3.05) is 19.6 Å². The number of halogens is 3. The molecule has 0 aromatic heterocycles. The summed E-state index contributed by atoms with van der Waals surface area (Å²) in [5.74, 6) is -0.210. The minimum atomic E-state index is -4.44. The lowest BCUT2D eigenvalue weighted by atomic mass is 9.95. The number of carbonyl (C=O) groups excluding carboxylic acids is 2. The average molecular weight is 371 g/mol. The summed E-state index contributed by atoms with van der Waals surface area (Å²) in [6.45, 7) is 4.82. The van der Waals surface area contributed by atoms with Gasteiger partial charge < -0.3 is 15.5 Å². The first kappa shape index (κ1) is 20.1. The van der Waals surface area contributed by atoms with Crippen LogP contribution >= 0.6 is 0 Å². The molecule has 1 saturated heterocycles. The first-order chi connectivity index (χ1) is 12.2. The molecule has 0 spiro atoms. The van der Waals surface area contributed by atoms with Crippen LogP contribution in [0.4, 0.5) is 18.0 Å². The molecule has 144 valence electrons. The number of hydrogen-bond acceptors (Lipinski definition) is 2. The highest BCUT2D eigenvalue weighted by atomic mass is 19.4. The maximum atomic E-state index is 13.0. The molecule has 2 N–H and O–H groups in total. The normalized spacial score (nSPS) is 16.4. The quantitative estimate of drug-likeness (QED) is 0.806. The number of alkyl halides is 3. The molecule has 1 aromatic carbocycles. The van der Waals surface area contributed by atoms with Gasteiger partial charge in [0.2, 0.25) is 5.91 Å². The van der Waals surface area contributed by atoms with Gasteiger partial charge in [-0.1, -0.05) is 26.0 Å². The summed E-state index contributed by atoms with van der Waals surface area (Å²) in [4.78, 5) is 25.5. The lowest BCUT2D eigenvalue weighted by molar-refractivity contribution is -0.137. The summed E-state index contributed by atoms with van der Waals surface area (Å²) in [5.41, 5.74) is -0.335. The molecule has 1 unspecified atom stereocenters. The summed E-state index contributed by atoms with van der Waals surface area (Å²) < 4.78 is 38.9. The fraction of sp³-hybridized carbons (Fsp3) is 0.556. The lowest BCUT2D eigenvalue weighted by Crippen LogP contribution is -2.50. The minimum absolute atomic E-state index is 0.112. The van der Waals surface area contributed by atoms with Gasteiger partial charge in [-0.2, -0.15) is 13.2 Å². The van der Waals surface area contributed by atoms with Gasteiger partial charge in [-0.15, -0.1) is 0 Å². The van der Waals surface area contributed by atoms with Crippen LogP contribution < -0.4 is 10.6 Å². The highest BCUT2D eigenvalue weighted by Gasteiger charge is 2.31. The van der Waals surface area contributed by atoms with Gasteiger partial charge in [0.15, 0.2) is 0 Å². The van der Waals surface area contributed by atoms with Crippen LogP contribution in [0.1, 0.15) is 43.9 Å². The van der Waals surface area contributed by atoms with Crippen molar-refractivity contribution in [3.8, 4) is 0 Å². The predicted molar refractivity (Wildman–Crippen MR) is 91.4 cm³/mol. The Labute approximate surface area is 150 Å². The Balaban J connectivity index is 2.12. The monoisotopic (exact) mass is 371 g/mol. The summed E-state index contributed by atoms with van der Waals surface area (Å²) in [6.07, 6.45) is -3.18. The smallest absolute Gasteiger partial charge is 0.348 e. The number of nitrogens with one attached hydrogen (secondary N) is 2. The van der Waals surface area contributed by atoms with E-state index < -0.39 is 17.8 Å². The lowest BCUT2D eigenvalue weighted by Gasteiger charge is -2.28. The Morgan fingerprint density at radius 2 is 2.08 bits per heavy atom. The third kappa shape index (κ3) is 5.64. The molecule has 5 nitrogen and oxygen atoms in total. The number of urea groups is 1. The molecule has 1 aliphatic heterocycles. The fourth-order valence-electron chi connectivity index (χ4n) is 2.92. The van der Waals surface area contributed by atoms with Crippen molar-refractivity contribution >= 4 is 11.9 Å². The molecule has 1 aromatic rings. The van der Waals surface area contributed by atoms with E-state index in [0.29, 0.717) is 25.1 Å². The van der Waals surface area contributed by atoms with E-state index >= 15 is 0 Å². The van der Waals surface area contributed by atoms with Crippen LogP contribution in [0.15, 0.2) is 24.3 Å². The van der Waals surface area contributed by atoms with Crippen molar-refractivity contribution in [1.82, 2.24) is 15.5 Å². The van der Waals surface area contributed by atoms with E-state index in [9.17, 15) is 22.8 Å². The highest BCUT2D eigenvalue weighted by molar-refractivity contribution is 5.84. The standard InChI is InChI=1S/C18H24F3N3O2/c1-12(2)9-15(13-5-3-6-14(10-13)18(19,20)21)23-16(25)11-24-8-4-7-22-17(24)26/h3,5-6,10,12,15H,4,7-9,11H2,1-2H3,(H,22,26)(H,23,25). The molecule has 8 heteroatoms. The molecule has 1 heterocycles. The van der Waals surface area contributed by atoms with E-state index in [-0.39, 0.29) is 24.4 Å². The summed E-state index contributed by atoms with van der Waals surface area (Å²) >= 11 is 0. The van der Waals surface area contributed by atoms with E-state index in [4.69, 9.17) is 0 Å². The van der Waals surface area contributed by atoms with E-state index in [0.717, 1.165) is 18.6 Å². The van der Waals surface area contributed by atoms with Crippen LogP contribution in [-0.2, 0) is 11.0 Å². The Morgan fingerprint density at radius 1 is 1.35 bits per heavy atom. The van der Waals surface area contributed by atoms with Gasteiger partial charge in [0.05, 0.1) is 11.6 Å². The van der Waals surface area contributed by atoms with E-state index in [1.54, 1.807) is 6.07 Å². The Morgan fingerprint density at radius 3 is 2.69 bits per heavy atom. The van der Waals surface area contributed by atoms with Crippen LogP contribution in [-0.4, -0.2) is 36.5 Å². The van der Waals surface area contributed by atoms with Crippen LogP contribution in [0.5, 0.6) is 0 Å². The molecular formula is C18H24F3N3O2. The minimum Gasteiger partial charge on any atom is -0.348 e. The molecule has 3 amide bonds. The van der Waals surface area contributed by atoms with Crippen LogP contribution in [0.3, 0.4) is 0 Å². The fourth-order valence-corrected chi connectivity index (χ4v) is 2.92. The Bertz CT molecular complexity index is 647. The van der Waals surface area contributed by atoms with E-state index in [1.165, 1.54) is 11.0 Å². The average Bonchev–Trinajstić information content (AvgIpc) is 2.55. The molecule has 2 rings (SSSR count). The largest absolute Gasteiger partial charge is 0.416 e. The van der Waals surface area contributed by atoms with Crippen molar-refractivity contribution < 1.29 is 22.8 Å². The van der Waals surface area contributed by atoms with Crippen LogP contribution in [0.25, 0.3) is 0 Å². The summed E-state index contributed by atoms with van der Waals surface area (Å²) in [7, 11) is 0. The third-order valence-electron chi connectivity index (χ3n) is 4.16. The predicted octanol–water partition coefficient (Wildman–Crippen LogP) is 3.32. The topological polar surface area (TPSA) is 61.4 Å². The molecule has 1 aliphatic rings. The number of hydrogen-bond donors (Lipinski definition) is 2. The number of amides is 3. The van der Waals surface area contributed by atoms with Crippen molar-refractivity contribution in [2.45, 2.75) is 38.9 Å². The van der Waals surface area contributed by atoms with Gasteiger partial charge in [-0.25, -0.2) is 4.79 Å². The Hall–Kier alpha value is -2.25. The van der Waals surface area contributed by atoms with Crippen molar-refractivity contribution in [3.63, 3.8) is 0 Å². The number of benzene rings is 1. The second-order valence-corrected chi connectivity index (χ2v) is 6.88. The first-order valence-electron chi connectivity index (χ1n) is 8.66. The maximum Gasteiger partial charge on any atom is 0.416 e. The van der Waals surface area contributed by atoms with Gasteiger partial charge in [-0.3, -0.25) is 4.79 Å². The van der Waals surface area contributed by atoms with Gasteiger partial charge in [0.1, 0.15) is 6.54 Å². The molecule has 1 fully saturated rings. The van der Waals surface area contributed by atoms with Gasteiger partial charge >= 0.3 is 12.2 Å². The number of carbonyl (C=O) groups is 2. The van der Waals surface area contributed by atoms with E-state index in [2.05, 4.69) is 10.6 Å². The molecule has 26 heavy (non-hydrogen) atoms. The summed E-state index contributed by atoms with van der Waals surface area (Å²) in [5, 5.41) is 5.44. The van der Waals surface area contributed by atoms with Crippen LogP contribution in [0.2, 0.25) is 0 Å².